The van der Waals surface area contributed by atoms with Crippen LogP contribution in [0.1, 0.15) is 44.0 Å². The molecule has 4 aromatic heterocycles. The molecule has 0 radical (unpaired) electrons. The number of pyridine rings is 1. The largest absolute Gasteiger partial charge is 0.381 e. The first-order valence-corrected chi connectivity index (χ1v) is 13.4. The third-order valence-electron chi connectivity index (χ3n) is 6.56. The van der Waals surface area contributed by atoms with Crippen LogP contribution in [0.2, 0.25) is 0 Å². The summed E-state index contributed by atoms with van der Waals surface area (Å²) in [6.07, 6.45) is 7.87. The molecule has 4 aromatic rings. The molecule has 0 aliphatic carbocycles. The van der Waals surface area contributed by atoms with Crippen molar-refractivity contribution in [1.82, 2.24) is 24.4 Å². The third kappa shape index (κ3) is 5.91. The van der Waals surface area contributed by atoms with Gasteiger partial charge in [-0.2, -0.15) is 0 Å². The minimum Gasteiger partial charge on any atom is -0.381 e. The fraction of sp³-hybridized carbons (Fsp3) is 0.407. The van der Waals surface area contributed by atoms with Crippen LogP contribution in [0, 0.1) is 5.92 Å². The number of carbonyl (C=O) groups excluding carboxylic acids is 2. The summed E-state index contributed by atoms with van der Waals surface area (Å²) in [6.45, 7) is 8.61. The van der Waals surface area contributed by atoms with E-state index in [2.05, 4.69) is 59.3 Å². The topological polar surface area (TPSA) is 103 Å². The van der Waals surface area contributed by atoms with Crippen LogP contribution in [0.5, 0.6) is 0 Å². The Balaban J connectivity index is 1.20. The van der Waals surface area contributed by atoms with E-state index < -0.39 is 0 Å². The molecule has 0 atom stereocenters. The monoisotopic (exact) mass is 520 g/mol. The van der Waals surface area contributed by atoms with Crippen molar-refractivity contribution in [2.24, 2.45) is 5.92 Å². The fourth-order valence-electron chi connectivity index (χ4n) is 4.38. The number of nitrogens with one attached hydrogen (secondary N) is 2. The van der Waals surface area contributed by atoms with Gasteiger partial charge in [0.2, 0.25) is 5.91 Å². The summed E-state index contributed by atoms with van der Waals surface area (Å²) in [5.74, 6) is -0.0349. The molecule has 5 rings (SSSR count). The van der Waals surface area contributed by atoms with Gasteiger partial charge in [0.1, 0.15) is 11.3 Å². The number of rotatable bonds is 7. The zero-order valence-electron chi connectivity index (χ0n) is 21.4. The predicted molar refractivity (Wildman–Crippen MR) is 145 cm³/mol. The lowest BCUT2D eigenvalue weighted by Gasteiger charge is -2.22. The number of anilines is 1. The number of fused-ring (bicyclic) bond motifs is 1. The summed E-state index contributed by atoms with van der Waals surface area (Å²) < 4.78 is 9.66. The van der Waals surface area contributed by atoms with E-state index in [4.69, 9.17) is 9.72 Å². The Morgan fingerprint density at radius 2 is 1.89 bits per heavy atom. The molecule has 0 spiro atoms. The number of ether oxygens (including phenoxy) is 1. The molecule has 5 heterocycles. The van der Waals surface area contributed by atoms with Gasteiger partial charge in [-0.25, -0.2) is 9.97 Å². The first-order chi connectivity index (χ1) is 17.8. The maximum atomic E-state index is 12.4. The molecule has 37 heavy (non-hydrogen) atoms. The van der Waals surface area contributed by atoms with Gasteiger partial charge in [0.15, 0.2) is 5.13 Å². The maximum Gasteiger partial charge on any atom is 0.253 e. The average Bonchev–Trinajstić information content (AvgIpc) is 3.63. The molecule has 1 saturated heterocycles. The second-order valence-electron chi connectivity index (χ2n) is 10.4. The van der Waals surface area contributed by atoms with Gasteiger partial charge < -0.3 is 24.5 Å². The molecule has 9 nitrogen and oxygen atoms in total. The van der Waals surface area contributed by atoms with Crippen LogP contribution in [0.15, 0.2) is 48.2 Å². The van der Waals surface area contributed by atoms with Crippen molar-refractivity contribution in [3.63, 3.8) is 0 Å². The Morgan fingerprint density at radius 3 is 2.65 bits per heavy atom. The van der Waals surface area contributed by atoms with Crippen LogP contribution >= 0.6 is 11.3 Å². The second-order valence-corrected chi connectivity index (χ2v) is 11.2. The van der Waals surface area contributed by atoms with Crippen molar-refractivity contribution < 1.29 is 14.3 Å². The van der Waals surface area contributed by atoms with E-state index in [-0.39, 0.29) is 23.9 Å². The summed E-state index contributed by atoms with van der Waals surface area (Å²) in [4.78, 5) is 34.3. The molecule has 194 valence electrons. The Labute approximate surface area is 219 Å². The maximum absolute atomic E-state index is 12.4. The molecule has 0 saturated carbocycles. The van der Waals surface area contributed by atoms with E-state index in [0.29, 0.717) is 22.3 Å². The summed E-state index contributed by atoms with van der Waals surface area (Å²) in [5.41, 5.74) is 2.79. The van der Waals surface area contributed by atoms with Gasteiger partial charge in [0.25, 0.3) is 5.91 Å². The summed E-state index contributed by atoms with van der Waals surface area (Å²) in [5, 5.41) is 8.87. The quantitative estimate of drug-likeness (QED) is 0.373. The van der Waals surface area contributed by atoms with Crippen molar-refractivity contribution in [3.8, 4) is 11.4 Å². The number of hydrogen-bond donors (Lipinski definition) is 2. The van der Waals surface area contributed by atoms with E-state index >= 15 is 0 Å². The number of amides is 2. The van der Waals surface area contributed by atoms with Crippen molar-refractivity contribution in [2.75, 3.05) is 25.1 Å². The van der Waals surface area contributed by atoms with Crippen molar-refractivity contribution >= 4 is 39.3 Å². The van der Waals surface area contributed by atoms with Gasteiger partial charge in [-0.15, -0.1) is 11.3 Å². The molecule has 10 heteroatoms. The lowest BCUT2D eigenvalue weighted by Crippen LogP contribution is -2.32. The van der Waals surface area contributed by atoms with Crippen LogP contribution in [0.4, 0.5) is 5.13 Å². The Hall–Kier alpha value is -3.50. The number of hydrogen-bond acceptors (Lipinski definition) is 6. The number of thiazole rings is 1. The zero-order chi connectivity index (χ0) is 26.0. The van der Waals surface area contributed by atoms with E-state index in [9.17, 15) is 9.59 Å². The molecular weight excluding hydrogens is 488 g/mol. The van der Waals surface area contributed by atoms with E-state index in [0.717, 1.165) is 49.3 Å². The van der Waals surface area contributed by atoms with Gasteiger partial charge in [0.05, 0.1) is 17.8 Å². The van der Waals surface area contributed by atoms with Crippen LogP contribution in [-0.4, -0.2) is 50.7 Å². The molecule has 1 aliphatic rings. The Morgan fingerprint density at radius 1 is 1.08 bits per heavy atom. The highest BCUT2D eigenvalue weighted by molar-refractivity contribution is 7.14. The van der Waals surface area contributed by atoms with Crippen LogP contribution in [0.3, 0.4) is 0 Å². The highest BCUT2D eigenvalue weighted by atomic mass is 32.1. The minimum atomic E-state index is -0.335. The van der Waals surface area contributed by atoms with Crippen molar-refractivity contribution in [3.05, 3.63) is 53.8 Å². The van der Waals surface area contributed by atoms with E-state index in [1.165, 1.54) is 11.3 Å². The fourth-order valence-corrected chi connectivity index (χ4v) is 5.10. The minimum absolute atomic E-state index is 0.119. The van der Waals surface area contributed by atoms with Gasteiger partial charge >= 0.3 is 0 Å². The van der Waals surface area contributed by atoms with Crippen LogP contribution < -0.4 is 10.6 Å². The Kier molecular flexibility index (Phi) is 7.12. The van der Waals surface area contributed by atoms with E-state index in [1.807, 2.05) is 22.2 Å². The molecule has 0 unspecified atom stereocenters. The first-order valence-electron chi connectivity index (χ1n) is 12.5. The average molecular weight is 521 g/mol. The number of aromatic nitrogens is 4. The lowest BCUT2D eigenvalue weighted by atomic mass is 10.0. The second kappa shape index (κ2) is 10.5. The van der Waals surface area contributed by atoms with Gasteiger partial charge in [-0.1, -0.05) is 0 Å². The number of carbonyl (C=O) groups is 2. The Bertz CT molecular complexity index is 1410. The van der Waals surface area contributed by atoms with Crippen LogP contribution in [-0.2, 0) is 21.6 Å². The van der Waals surface area contributed by atoms with Crippen molar-refractivity contribution in [2.45, 2.75) is 45.7 Å². The standard InChI is InChI=1S/C27H32N6O3S/c1-27(2,3)33-11-7-20(16-33)25(35)28-14-23(34)31-26-30-22(17-37-26)21-5-4-19-6-10-32(24(19)29-21)15-18-8-12-36-13-9-18/h4-7,10-11,16-18H,8-9,12-15H2,1-3H3,(H,28,35)(H,30,31,34). The molecule has 1 fully saturated rings. The summed E-state index contributed by atoms with van der Waals surface area (Å²) in [7, 11) is 0. The zero-order valence-corrected chi connectivity index (χ0v) is 22.2. The molecule has 2 N–H and O–H groups in total. The van der Waals surface area contributed by atoms with Crippen LogP contribution in [0.25, 0.3) is 22.4 Å². The summed E-state index contributed by atoms with van der Waals surface area (Å²) >= 11 is 1.33. The molecule has 0 aromatic carbocycles. The van der Waals surface area contributed by atoms with Gasteiger partial charge in [-0.3, -0.25) is 9.59 Å². The van der Waals surface area contributed by atoms with Gasteiger partial charge in [0, 0.05) is 54.7 Å². The molecule has 2 amide bonds. The molecule has 1 aliphatic heterocycles. The summed E-state index contributed by atoms with van der Waals surface area (Å²) in [6, 6.07) is 7.84. The molecule has 0 bridgehead atoms. The highest BCUT2D eigenvalue weighted by Gasteiger charge is 2.18. The smallest absolute Gasteiger partial charge is 0.253 e. The number of nitrogens with zero attached hydrogens (tertiary/aromatic N) is 4. The van der Waals surface area contributed by atoms with E-state index in [1.54, 1.807) is 12.3 Å². The normalized spacial score (nSPS) is 14.7. The van der Waals surface area contributed by atoms with Gasteiger partial charge in [-0.05, 0) is 63.8 Å². The molecular formula is C27H32N6O3S. The SMILES string of the molecule is CC(C)(C)n1ccc(C(=O)NCC(=O)Nc2nc(-c3ccc4ccn(CC5CCOCC5)c4n3)cs2)c1. The lowest BCUT2D eigenvalue weighted by molar-refractivity contribution is -0.115. The highest BCUT2D eigenvalue weighted by Crippen LogP contribution is 2.27. The predicted octanol–water partition coefficient (Wildman–Crippen LogP) is 4.51. The first kappa shape index (κ1) is 25.2. The third-order valence-corrected chi connectivity index (χ3v) is 7.32. The van der Waals surface area contributed by atoms with Crippen molar-refractivity contribution in [1.29, 1.82) is 0 Å².